The maximum atomic E-state index is 12.3. The summed E-state index contributed by atoms with van der Waals surface area (Å²) in [4.78, 5) is 0. The first-order valence-electron chi connectivity index (χ1n) is 6.65. The van der Waals surface area contributed by atoms with Gasteiger partial charge in [0.25, 0.3) is 10.0 Å². The van der Waals surface area contributed by atoms with E-state index >= 15 is 0 Å². The van der Waals surface area contributed by atoms with Gasteiger partial charge in [-0.3, -0.25) is 5.10 Å². The lowest BCUT2D eigenvalue weighted by molar-refractivity contribution is 0.556. The Morgan fingerprint density at radius 2 is 2.15 bits per heavy atom. The Hall–Kier alpha value is -0.570. The molecule has 1 heterocycles. The van der Waals surface area contributed by atoms with Gasteiger partial charge in [0.1, 0.15) is 0 Å². The second kappa shape index (κ2) is 8.02. The Kier molecular flexibility index (Phi) is 7.01. The molecule has 8 heteroatoms. The molecule has 0 saturated carbocycles. The minimum absolute atomic E-state index is 0.104. The smallest absolute Gasteiger partial charge is 0.260 e. The van der Waals surface area contributed by atoms with E-state index in [1.807, 2.05) is 27.0 Å². The molecular formula is C12H24N4O2S2. The Labute approximate surface area is 125 Å². The largest absolute Gasteiger partial charge is 0.313 e. The molecule has 6 nitrogen and oxygen atoms in total. The van der Waals surface area contributed by atoms with Crippen LogP contribution in [0.25, 0.3) is 0 Å². The van der Waals surface area contributed by atoms with Crippen molar-refractivity contribution in [2.24, 2.45) is 5.92 Å². The predicted molar refractivity (Wildman–Crippen MR) is 83.4 cm³/mol. The number of nitrogens with zero attached hydrogens (tertiary/aromatic N) is 1. The zero-order valence-corrected chi connectivity index (χ0v) is 14.1. The number of sulfonamides is 1. The number of H-pyrrole nitrogens is 1. The number of aromatic nitrogens is 2. The highest BCUT2D eigenvalue weighted by molar-refractivity contribution is 7.98. The summed E-state index contributed by atoms with van der Waals surface area (Å²) in [6, 6.07) is 0. The normalized spacial score (nSPS) is 13.6. The van der Waals surface area contributed by atoms with Crippen LogP contribution in [-0.2, 0) is 16.6 Å². The van der Waals surface area contributed by atoms with Gasteiger partial charge in [-0.1, -0.05) is 13.8 Å². The Balaban J connectivity index is 2.81. The zero-order valence-electron chi connectivity index (χ0n) is 12.5. The van der Waals surface area contributed by atoms with Gasteiger partial charge in [0.15, 0.2) is 5.03 Å². The fourth-order valence-corrected chi connectivity index (χ4v) is 3.82. The average molecular weight is 320 g/mol. The molecule has 1 rings (SSSR count). The van der Waals surface area contributed by atoms with E-state index < -0.39 is 10.0 Å². The van der Waals surface area contributed by atoms with Gasteiger partial charge < -0.3 is 5.32 Å². The van der Waals surface area contributed by atoms with Crippen LogP contribution in [0.4, 0.5) is 0 Å². The minimum Gasteiger partial charge on any atom is -0.313 e. The molecule has 0 aliphatic rings. The highest BCUT2D eigenvalue weighted by Crippen LogP contribution is 2.16. The number of aromatic amines is 1. The summed E-state index contributed by atoms with van der Waals surface area (Å²) in [5.41, 5.74) is 1.49. The molecule has 0 aliphatic heterocycles. The van der Waals surface area contributed by atoms with Crippen LogP contribution in [0.5, 0.6) is 0 Å². The molecule has 1 atom stereocenters. The minimum atomic E-state index is -3.56. The van der Waals surface area contributed by atoms with Crippen molar-refractivity contribution >= 4 is 21.8 Å². The Morgan fingerprint density at radius 1 is 1.45 bits per heavy atom. The summed E-state index contributed by atoms with van der Waals surface area (Å²) in [6.07, 6.45) is 2.01. The molecule has 0 bridgehead atoms. The van der Waals surface area contributed by atoms with Crippen LogP contribution < -0.4 is 10.0 Å². The SMILES string of the molecule is CCNCc1c(S(=O)(=O)NCC(C)CSC)n[nH]c1C. The van der Waals surface area contributed by atoms with Gasteiger partial charge >= 0.3 is 0 Å². The lowest BCUT2D eigenvalue weighted by Crippen LogP contribution is -2.30. The molecule has 0 fully saturated rings. The van der Waals surface area contributed by atoms with Crippen molar-refractivity contribution in [3.05, 3.63) is 11.3 Å². The number of aryl methyl sites for hydroxylation is 1. The fourth-order valence-electron chi connectivity index (χ4n) is 1.77. The van der Waals surface area contributed by atoms with E-state index in [-0.39, 0.29) is 10.9 Å². The molecule has 3 N–H and O–H groups in total. The van der Waals surface area contributed by atoms with E-state index in [1.54, 1.807) is 11.8 Å². The summed E-state index contributed by atoms with van der Waals surface area (Å²) in [7, 11) is -3.56. The van der Waals surface area contributed by atoms with Crippen molar-refractivity contribution < 1.29 is 8.42 Å². The number of hydrogen-bond acceptors (Lipinski definition) is 5. The van der Waals surface area contributed by atoms with Crippen LogP contribution in [0.1, 0.15) is 25.1 Å². The van der Waals surface area contributed by atoms with E-state index in [4.69, 9.17) is 0 Å². The fraction of sp³-hybridized carbons (Fsp3) is 0.750. The molecule has 0 radical (unpaired) electrons. The molecule has 116 valence electrons. The first-order valence-corrected chi connectivity index (χ1v) is 9.53. The molecule has 20 heavy (non-hydrogen) atoms. The van der Waals surface area contributed by atoms with Crippen LogP contribution in [-0.4, -0.2) is 43.7 Å². The lowest BCUT2D eigenvalue weighted by Gasteiger charge is -2.11. The van der Waals surface area contributed by atoms with Gasteiger partial charge in [0.05, 0.1) is 0 Å². The Morgan fingerprint density at radius 3 is 2.75 bits per heavy atom. The maximum absolute atomic E-state index is 12.3. The standard InChI is InChI=1S/C12H24N4O2S2/c1-5-13-7-11-10(3)15-16-12(11)20(17,18)14-6-9(2)8-19-4/h9,13-14H,5-8H2,1-4H3,(H,15,16). The number of hydrogen-bond donors (Lipinski definition) is 3. The van der Waals surface area contributed by atoms with E-state index in [0.717, 1.165) is 18.0 Å². The molecule has 1 unspecified atom stereocenters. The molecule has 0 saturated heterocycles. The quantitative estimate of drug-likeness (QED) is 0.634. The molecule has 1 aromatic heterocycles. The van der Waals surface area contributed by atoms with Crippen LogP contribution in [0.2, 0.25) is 0 Å². The monoisotopic (exact) mass is 320 g/mol. The lowest BCUT2D eigenvalue weighted by atomic mass is 10.2. The molecule has 0 amide bonds. The zero-order chi connectivity index (χ0) is 15.2. The summed E-state index contributed by atoms with van der Waals surface area (Å²) in [5.74, 6) is 1.21. The summed E-state index contributed by atoms with van der Waals surface area (Å²) >= 11 is 1.71. The Bertz CT molecular complexity index is 514. The molecule has 0 spiro atoms. The summed E-state index contributed by atoms with van der Waals surface area (Å²) in [5, 5.41) is 9.93. The second-order valence-corrected chi connectivity index (χ2v) is 7.42. The van der Waals surface area contributed by atoms with Crippen LogP contribution in [0.3, 0.4) is 0 Å². The average Bonchev–Trinajstić information content (AvgIpc) is 2.76. The van der Waals surface area contributed by atoms with Gasteiger partial charge in [-0.25, -0.2) is 13.1 Å². The highest BCUT2D eigenvalue weighted by Gasteiger charge is 2.23. The third-order valence-corrected chi connectivity index (χ3v) is 5.21. The van der Waals surface area contributed by atoms with Crippen molar-refractivity contribution in [1.82, 2.24) is 20.2 Å². The number of rotatable bonds is 9. The van der Waals surface area contributed by atoms with Crippen LogP contribution >= 0.6 is 11.8 Å². The van der Waals surface area contributed by atoms with Gasteiger partial charge in [0, 0.05) is 24.3 Å². The molecular weight excluding hydrogens is 296 g/mol. The van der Waals surface area contributed by atoms with Crippen molar-refractivity contribution in [2.45, 2.75) is 32.3 Å². The maximum Gasteiger partial charge on any atom is 0.260 e. The van der Waals surface area contributed by atoms with Gasteiger partial charge in [-0.2, -0.15) is 16.9 Å². The molecule has 0 aliphatic carbocycles. The van der Waals surface area contributed by atoms with E-state index in [0.29, 0.717) is 18.7 Å². The number of nitrogens with one attached hydrogen (secondary N) is 3. The van der Waals surface area contributed by atoms with Gasteiger partial charge in [-0.05, 0) is 31.4 Å². The van der Waals surface area contributed by atoms with E-state index in [2.05, 4.69) is 20.2 Å². The van der Waals surface area contributed by atoms with Crippen molar-refractivity contribution in [3.8, 4) is 0 Å². The number of thioether (sulfide) groups is 1. The predicted octanol–water partition coefficient (Wildman–Crippen LogP) is 1.11. The third-order valence-electron chi connectivity index (χ3n) is 2.92. The molecule has 1 aromatic rings. The van der Waals surface area contributed by atoms with E-state index in [9.17, 15) is 8.42 Å². The first-order chi connectivity index (χ1) is 9.42. The third kappa shape index (κ3) is 4.76. The first kappa shape index (κ1) is 17.5. The highest BCUT2D eigenvalue weighted by atomic mass is 32.2. The van der Waals surface area contributed by atoms with Crippen molar-refractivity contribution in [3.63, 3.8) is 0 Å². The molecule has 0 aromatic carbocycles. The van der Waals surface area contributed by atoms with Crippen molar-refractivity contribution in [2.75, 3.05) is 25.1 Å². The second-order valence-electron chi connectivity index (χ2n) is 4.83. The van der Waals surface area contributed by atoms with Gasteiger partial charge in [0.2, 0.25) is 0 Å². The van der Waals surface area contributed by atoms with Crippen LogP contribution in [0, 0.1) is 12.8 Å². The van der Waals surface area contributed by atoms with Crippen molar-refractivity contribution in [1.29, 1.82) is 0 Å². The summed E-state index contributed by atoms with van der Waals surface area (Å²) in [6.45, 7) is 7.53. The van der Waals surface area contributed by atoms with E-state index in [1.165, 1.54) is 0 Å². The van der Waals surface area contributed by atoms with Gasteiger partial charge in [-0.15, -0.1) is 0 Å². The topological polar surface area (TPSA) is 86.9 Å². The summed E-state index contributed by atoms with van der Waals surface area (Å²) < 4.78 is 27.3. The van der Waals surface area contributed by atoms with Crippen LogP contribution in [0.15, 0.2) is 5.03 Å².